The molecule has 1 heterocycles. The van der Waals surface area contributed by atoms with Gasteiger partial charge in [0.05, 0.1) is 22.5 Å². The van der Waals surface area contributed by atoms with Crippen molar-refractivity contribution in [2.24, 2.45) is 5.41 Å². The van der Waals surface area contributed by atoms with E-state index in [-0.39, 0.29) is 23.6 Å². The number of allylic oxidation sites excluding steroid dienone is 2. The number of hydrogen-bond donors (Lipinski definition) is 2. The van der Waals surface area contributed by atoms with Gasteiger partial charge < -0.3 is 15.2 Å². The molecule has 2 aromatic rings. The number of fused-ring (bicyclic) bond motifs is 1. The van der Waals surface area contributed by atoms with Crippen molar-refractivity contribution in [1.82, 2.24) is 20.2 Å². The highest BCUT2D eigenvalue weighted by molar-refractivity contribution is 5.94. The fourth-order valence-corrected chi connectivity index (χ4v) is 4.67. The van der Waals surface area contributed by atoms with Crippen LogP contribution in [0.5, 0.6) is 0 Å². The summed E-state index contributed by atoms with van der Waals surface area (Å²) < 4.78 is 13.5. The smallest absolute Gasteiger partial charge is 0.289 e. The van der Waals surface area contributed by atoms with Crippen LogP contribution in [0.25, 0.3) is 11.0 Å². The first-order chi connectivity index (χ1) is 15.4. The fraction of sp³-hybridized carbons (Fsp3) is 0.480. The summed E-state index contributed by atoms with van der Waals surface area (Å²) in [6.45, 7) is 5.30. The van der Waals surface area contributed by atoms with Gasteiger partial charge in [-0.2, -0.15) is 5.26 Å². The number of halogens is 1. The molecule has 1 aromatic carbocycles. The number of nitrogens with zero attached hydrogens (tertiary/aromatic N) is 3. The van der Waals surface area contributed by atoms with Gasteiger partial charge >= 0.3 is 0 Å². The van der Waals surface area contributed by atoms with Crippen LogP contribution in [-0.4, -0.2) is 45.9 Å². The lowest BCUT2D eigenvalue weighted by molar-refractivity contribution is 0.0618. The number of imidazole rings is 1. The zero-order chi connectivity index (χ0) is 22.7. The fourth-order valence-electron chi connectivity index (χ4n) is 4.67. The van der Waals surface area contributed by atoms with Gasteiger partial charge in [0.2, 0.25) is 0 Å². The molecule has 2 N–H and O–H groups in total. The Kier molecular flexibility index (Phi) is 6.43. The van der Waals surface area contributed by atoms with E-state index < -0.39 is 5.41 Å². The normalized spacial score (nSPS) is 25.4. The first-order valence-electron chi connectivity index (χ1n) is 11.4. The van der Waals surface area contributed by atoms with Crippen LogP contribution < -0.4 is 5.32 Å². The number of nitrogens with one attached hydrogen (secondary N) is 2. The number of carbonyl (C=O) groups excluding carboxylic acids is 1. The van der Waals surface area contributed by atoms with Gasteiger partial charge in [-0.15, -0.1) is 0 Å². The molecule has 2 aliphatic carbocycles. The molecule has 7 heteroatoms. The Morgan fingerprint density at radius 1 is 1.44 bits per heavy atom. The Balaban J connectivity index is 1.38. The van der Waals surface area contributed by atoms with Gasteiger partial charge in [0.25, 0.3) is 5.91 Å². The molecular weight excluding hydrogens is 405 g/mol. The van der Waals surface area contributed by atoms with E-state index in [2.05, 4.69) is 27.4 Å². The third kappa shape index (κ3) is 4.76. The minimum atomic E-state index is -0.399. The van der Waals surface area contributed by atoms with E-state index in [1.807, 2.05) is 30.9 Å². The van der Waals surface area contributed by atoms with Crippen LogP contribution in [0.15, 0.2) is 42.0 Å². The number of H-pyrrole nitrogens is 1. The molecule has 1 unspecified atom stereocenters. The Morgan fingerprint density at radius 2 is 2.28 bits per heavy atom. The van der Waals surface area contributed by atoms with E-state index in [0.29, 0.717) is 23.6 Å². The van der Waals surface area contributed by atoms with Crippen molar-refractivity contribution in [1.29, 1.82) is 5.26 Å². The van der Waals surface area contributed by atoms with Crippen LogP contribution in [0.1, 0.15) is 56.6 Å². The van der Waals surface area contributed by atoms with Crippen LogP contribution in [0.3, 0.4) is 0 Å². The molecule has 0 spiro atoms. The number of aromatic amines is 1. The molecule has 6 nitrogen and oxygen atoms in total. The van der Waals surface area contributed by atoms with Crippen molar-refractivity contribution in [3.8, 4) is 6.07 Å². The van der Waals surface area contributed by atoms with E-state index in [9.17, 15) is 14.4 Å². The van der Waals surface area contributed by atoms with Crippen LogP contribution in [-0.2, 0) is 0 Å². The molecule has 2 aliphatic rings. The maximum absolute atomic E-state index is 13.5. The van der Waals surface area contributed by atoms with Gasteiger partial charge in [0.1, 0.15) is 5.82 Å². The minimum absolute atomic E-state index is 0.136. The highest BCUT2D eigenvalue weighted by Crippen LogP contribution is 2.29. The number of nitriles is 1. The van der Waals surface area contributed by atoms with Gasteiger partial charge in [0.15, 0.2) is 5.82 Å². The summed E-state index contributed by atoms with van der Waals surface area (Å²) in [5, 5.41) is 12.9. The van der Waals surface area contributed by atoms with E-state index in [1.165, 1.54) is 17.7 Å². The minimum Gasteiger partial charge on any atom is -0.334 e. The maximum atomic E-state index is 13.5. The van der Waals surface area contributed by atoms with Crippen molar-refractivity contribution in [3.05, 3.63) is 53.6 Å². The summed E-state index contributed by atoms with van der Waals surface area (Å²) in [5.74, 6) is -0.224. The molecule has 3 atom stereocenters. The quantitative estimate of drug-likeness (QED) is 0.701. The van der Waals surface area contributed by atoms with Gasteiger partial charge in [0, 0.05) is 25.2 Å². The van der Waals surface area contributed by atoms with E-state index >= 15 is 0 Å². The molecule has 4 rings (SSSR count). The standard InChI is InChI=1S/C25H30FN5O/c1-3-31(24(32)23-29-21-8-7-18(26)13-22(21)30-23)20-6-4-5-19(14-20)28-15-17-9-11-25(2,16-27)12-10-17/h7-11,13,19-20,28H,3-6,12,14-15H2,1-2H3,(H,29,30)/t19-,20+,25?/m1/s1. The highest BCUT2D eigenvalue weighted by Gasteiger charge is 2.31. The molecule has 1 amide bonds. The van der Waals surface area contributed by atoms with E-state index in [4.69, 9.17) is 0 Å². The second-order valence-corrected chi connectivity index (χ2v) is 9.08. The SMILES string of the molecule is CCN(C(=O)c1nc2ccc(F)cc2[nH]1)[C@H]1CCC[C@@H](NCC2=CCC(C)(C#N)C=C2)C1. The summed E-state index contributed by atoms with van der Waals surface area (Å²) in [4.78, 5) is 22.5. The molecule has 0 saturated heterocycles. The zero-order valence-corrected chi connectivity index (χ0v) is 18.7. The Bertz CT molecular complexity index is 1100. The second-order valence-electron chi connectivity index (χ2n) is 9.08. The van der Waals surface area contributed by atoms with Gasteiger partial charge in [-0.3, -0.25) is 4.79 Å². The average molecular weight is 436 g/mol. The van der Waals surface area contributed by atoms with Crippen LogP contribution >= 0.6 is 0 Å². The number of carbonyl (C=O) groups is 1. The van der Waals surface area contributed by atoms with Crippen LogP contribution in [0.4, 0.5) is 4.39 Å². The number of amides is 1. The summed E-state index contributed by atoms with van der Waals surface area (Å²) >= 11 is 0. The van der Waals surface area contributed by atoms with E-state index in [0.717, 1.165) is 38.6 Å². The third-order valence-electron chi connectivity index (χ3n) is 6.64. The lowest BCUT2D eigenvalue weighted by Crippen LogP contribution is -2.47. The first-order valence-corrected chi connectivity index (χ1v) is 11.4. The molecule has 32 heavy (non-hydrogen) atoms. The molecule has 168 valence electrons. The van der Waals surface area contributed by atoms with Crippen molar-refractivity contribution >= 4 is 16.9 Å². The third-order valence-corrected chi connectivity index (χ3v) is 6.64. The number of benzene rings is 1. The zero-order valence-electron chi connectivity index (χ0n) is 18.7. The molecule has 1 saturated carbocycles. The van der Waals surface area contributed by atoms with Crippen LogP contribution in [0.2, 0.25) is 0 Å². The Hall–Kier alpha value is -2.98. The lowest BCUT2D eigenvalue weighted by atomic mass is 9.83. The van der Waals surface area contributed by atoms with E-state index in [1.54, 1.807) is 6.07 Å². The summed E-state index contributed by atoms with van der Waals surface area (Å²) in [7, 11) is 0. The predicted molar refractivity (Wildman–Crippen MR) is 122 cm³/mol. The summed E-state index contributed by atoms with van der Waals surface area (Å²) in [6.07, 6.45) is 10.9. The number of hydrogen-bond acceptors (Lipinski definition) is 4. The Morgan fingerprint density at radius 3 is 3.00 bits per heavy atom. The largest absolute Gasteiger partial charge is 0.334 e. The van der Waals surface area contributed by atoms with Crippen molar-refractivity contribution in [2.75, 3.05) is 13.1 Å². The topological polar surface area (TPSA) is 84.8 Å². The van der Waals surface area contributed by atoms with Gasteiger partial charge in [-0.25, -0.2) is 9.37 Å². The van der Waals surface area contributed by atoms with Gasteiger partial charge in [-0.05, 0) is 69.7 Å². The van der Waals surface area contributed by atoms with Crippen molar-refractivity contribution in [3.63, 3.8) is 0 Å². The highest BCUT2D eigenvalue weighted by atomic mass is 19.1. The monoisotopic (exact) mass is 435 g/mol. The molecule has 0 radical (unpaired) electrons. The van der Waals surface area contributed by atoms with Crippen molar-refractivity contribution < 1.29 is 9.18 Å². The Labute approximate surface area is 188 Å². The molecule has 0 aliphatic heterocycles. The lowest BCUT2D eigenvalue weighted by Gasteiger charge is -2.37. The second kappa shape index (κ2) is 9.25. The average Bonchev–Trinajstić information content (AvgIpc) is 3.23. The number of rotatable bonds is 6. The summed E-state index contributed by atoms with van der Waals surface area (Å²) in [6, 6.07) is 7.12. The van der Waals surface area contributed by atoms with Crippen molar-refractivity contribution in [2.45, 2.75) is 58.0 Å². The summed E-state index contributed by atoms with van der Waals surface area (Å²) in [5.41, 5.74) is 1.94. The predicted octanol–water partition coefficient (Wildman–Crippen LogP) is 4.48. The number of aromatic nitrogens is 2. The molecule has 1 aromatic heterocycles. The maximum Gasteiger partial charge on any atom is 0.289 e. The molecule has 1 fully saturated rings. The molecule has 0 bridgehead atoms. The first kappa shape index (κ1) is 22.2. The molecular formula is C25H30FN5O. The van der Waals surface area contributed by atoms with Crippen LogP contribution in [0, 0.1) is 22.6 Å². The van der Waals surface area contributed by atoms with Gasteiger partial charge in [-0.1, -0.05) is 18.2 Å².